The topological polar surface area (TPSA) is 89.4 Å². The average Bonchev–Trinajstić information content (AvgIpc) is 2.13. The van der Waals surface area contributed by atoms with Gasteiger partial charge in [0.05, 0.1) is 12.6 Å². The third-order valence-corrected chi connectivity index (χ3v) is 2.31. The second-order valence-corrected chi connectivity index (χ2v) is 3.62. The summed E-state index contributed by atoms with van der Waals surface area (Å²) in [5.41, 5.74) is 10.4. The number of carbonyl (C=O) groups is 2. The van der Waals surface area contributed by atoms with Crippen molar-refractivity contribution in [2.24, 2.45) is 11.5 Å². The van der Waals surface area contributed by atoms with E-state index in [-0.39, 0.29) is 12.6 Å². The summed E-state index contributed by atoms with van der Waals surface area (Å²) in [7, 11) is 0. The van der Waals surface area contributed by atoms with E-state index in [0.717, 1.165) is 12.8 Å². The Morgan fingerprint density at radius 1 is 1.27 bits per heavy atom. The minimum Gasteiger partial charge on any atom is -0.369 e. The molecule has 0 spiro atoms. The zero-order chi connectivity index (χ0) is 11.8. The molecule has 0 rings (SSSR count). The van der Waals surface area contributed by atoms with Crippen molar-refractivity contribution in [1.29, 1.82) is 0 Å². The van der Waals surface area contributed by atoms with E-state index in [0.29, 0.717) is 13.0 Å². The van der Waals surface area contributed by atoms with Crippen LogP contribution in [0.3, 0.4) is 0 Å². The lowest BCUT2D eigenvalue weighted by molar-refractivity contribution is -0.125. The van der Waals surface area contributed by atoms with Crippen LogP contribution in [0.5, 0.6) is 0 Å². The molecule has 0 saturated heterocycles. The summed E-state index contributed by atoms with van der Waals surface area (Å²) in [4.78, 5) is 23.7. The van der Waals surface area contributed by atoms with Crippen LogP contribution in [0.15, 0.2) is 0 Å². The molecule has 0 saturated carbocycles. The third-order valence-electron chi connectivity index (χ3n) is 2.31. The molecule has 0 radical (unpaired) electrons. The molecular weight excluding hydrogens is 194 g/mol. The van der Waals surface area contributed by atoms with E-state index < -0.39 is 11.8 Å². The average molecular weight is 215 g/mol. The zero-order valence-corrected chi connectivity index (χ0v) is 9.53. The van der Waals surface area contributed by atoms with Crippen molar-refractivity contribution in [2.75, 3.05) is 13.1 Å². The molecule has 4 N–H and O–H groups in total. The van der Waals surface area contributed by atoms with Gasteiger partial charge >= 0.3 is 0 Å². The maximum atomic E-state index is 11.1. The van der Waals surface area contributed by atoms with Crippen LogP contribution in [0.1, 0.15) is 33.1 Å². The molecule has 0 aromatic carbocycles. The van der Waals surface area contributed by atoms with Crippen LogP contribution in [0.4, 0.5) is 0 Å². The monoisotopic (exact) mass is 215 g/mol. The highest BCUT2D eigenvalue weighted by Crippen LogP contribution is 2.05. The minimum absolute atomic E-state index is 0.0987. The summed E-state index contributed by atoms with van der Waals surface area (Å²) in [6.45, 7) is 4.70. The van der Waals surface area contributed by atoms with Crippen molar-refractivity contribution in [1.82, 2.24) is 4.90 Å². The number of primary amides is 2. The second-order valence-electron chi connectivity index (χ2n) is 3.62. The first-order valence-corrected chi connectivity index (χ1v) is 5.34. The van der Waals surface area contributed by atoms with E-state index in [1.807, 2.05) is 13.8 Å². The molecule has 5 nitrogen and oxygen atoms in total. The quantitative estimate of drug-likeness (QED) is 0.589. The largest absolute Gasteiger partial charge is 0.369 e. The van der Waals surface area contributed by atoms with E-state index in [1.54, 1.807) is 4.90 Å². The number of rotatable bonds is 8. The first kappa shape index (κ1) is 13.9. The van der Waals surface area contributed by atoms with Gasteiger partial charge in [-0.2, -0.15) is 0 Å². The van der Waals surface area contributed by atoms with Crippen LogP contribution in [0.25, 0.3) is 0 Å². The SMILES string of the molecule is CCCCN(CC(N)=O)C(CC)C(N)=O. The van der Waals surface area contributed by atoms with Crippen LogP contribution < -0.4 is 11.5 Å². The summed E-state index contributed by atoms with van der Waals surface area (Å²) in [6, 6.07) is -0.385. The molecule has 15 heavy (non-hydrogen) atoms. The highest BCUT2D eigenvalue weighted by atomic mass is 16.2. The molecule has 0 aliphatic heterocycles. The number of nitrogens with zero attached hydrogens (tertiary/aromatic N) is 1. The highest BCUT2D eigenvalue weighted by molar-refractivity contribution is 5.81. The molecule has 1 atom stereocenters. The van der Waals surface area contributed by atoms with Gasteiger partial charge in [0, 0.05) is 0 Å². The van der Waals surface area contributed by atoms with Gasteiger partial charge in [-0.1, -0.05) is 20.3 Å². The predicted octanol–water partition coefficient (Wildman–Crippen LogP) is -0.162. The van der Waals surface area contributed by atoms with Crippen molar-refractivity contribution in [3.63, 3.8) is 0 Å². The normalized spacial score (nSPS) is 12.7. The van der Waals surface area contributed by atoms with E-state index in [9.17, 15) is 9.59 Å². The molecular formula is C10H21N3O2. The van der Waals surface area contributed by atoms with Crippen LogP contribution in [-0.2, 0) is 9.59 Å². The minimum atomic E-state index is -0.425. The van der Waals surface area contributed by atoms with Gasteiger partial charge in [-0.15, -0.1) is 0 Å². The highest BCUT2D eigenvalue weighted by Gasteiger charge is 2.22. The van der Waals surface area contributed by atoms with Crippen LogP contribution in [-0.4, -0.2) is 35.8 Å². The van der Waals surface area contributed by atoms with Gasteiger partial charge in [0.25, 0.3) is 0 Å². The van der Waals surface area contributed by atoms with Gasteiger partial charge < -0.3 is 11.5 Å². The Morgan fingerprint density at radius 3 is 2.20 bits per heavy atom. The first-order valence-electron chi connectivity index (χ1n) is 5.34. The fourth-order valence-corrected chi connectivity index (χ4v) is 1.55. The lowest BCUT2D eigenvalue weighted by atomic mass is 10.1. The van der Waals surface area contributed by atoms with Crippen LogP contribution in [0.2, 0.25) is 0 Å². The van der Waals surface area contributed by atoms with Gasteiger partial charge in [-0.05, 0) is 19.4 Å². The van der Waals surface area contributed by atoms with Crippen molar-refractivity contribution in [3.05, 3.63) is 0 Å². The standard InChI is InChI=1S/C10H21N3O2/c1-3-5-6-13(7-9(11)14)8(4-2)10(12)15/h8H,3-7H2,1-2H3,(H2,11,14)(H2,12,15). The fraction of sp³-hybridized carbons (Fsp3) is 0.800. The van der Waals surface area contributed by atoms with Gasteiger partial charge in [0.2, 0.25) is 11.8 Å². The second kappa shape index (κ2) is 7.23. The van der Waals surface area contributed by atoms with Crippen molar-refractivity contribution in [3.8, 4) is 0 Å². The van der Waals surface area contributed by atoms with Crippen molar-refractivity contribution >= 4 is 11.8 Å². The van der Waals surface area contributed by atoms with Gasteiger partial charge in [-0.3, -0.25) is 14.5 Å². The smallest absolute Gasteiger partial charge is 0.234 e. The fourth-order valence-electron chi connectivity index (χ4n) is 1.55. The summed E-state index contributed by atoms with van der Waals surface area (Å²) < 4.78 is 0. The molecule has 0 aliphatic rings. The Bertz CT molecular complexity index is 219. The van der Waals surface area contributed by atoms with E-state index in [2.05, 4.69) is 0 Å². The molecule has 88 valence electrons. The maximum absolute atomic E-state index is 11.1. The first-order chi connectivity index (χ1) is 7.02. The number of amides is 2. The molecule has 0 fully saturated rings. The van der Waals surface area contributed by atoms with Crippen LogP contribution >= 0.6 is 0 Å². The van der Waals surface area contributed by atoms with E-state index >= 15 is 0 Å². The lowest BCUT2D eigenvalue weighted by Crippen LogP contribution is -2.48. The molecule has 0 bridgehead atoms. The van der Waals surface area contributed by atoms with Gasteiger partial charge in [-0.25, -0.2) is 0 Å². The Kier molecular flexibility index (Phi) is 6.70. The Hall–Kier alpha value is -1.10. The number of carbonyl (C=O) groups excluding carboxylic acids is 2. The lowest BCUT2D eigenvalue weighted by Gasteiger charge is -2.27. The number of nitrogens with two attached hydrogens (primary N) is 2. The molecule has 0 aromatic rings. The predicted molar refractivity (Wildman–Crippen MR) is 58.9 cm³/mol. The summed E-state index contributed by atoms with van der Waals surface area (Å²) in [6.07, 6.45) is 2.54. The Labute approximate surface area is 90.8 Å². The van der Waals surface area contributed by atoms with Gasteiger partial charge in [0.15, 0.2) is 0 Å². The zero-order valence-electron chi connectivity index (χ0n) is 9.53. The van der Waals surface area contributed by atoms with Crippen molar-refractivity contribution in [2.45, 2.75) is 39.2 Å². The molecule has 0 aliphatic carbocycles. The summed E-state index contributed by atoms with van der Waals surface area (Å²) in [5, 5.41) is 0. The van der Waals surface area contributed by atoms with E-state index in [4.69, 9.17) is 11.5 Å². The Balaban J connectivity index is 4.42. The molecule has 1 unspecified atom stereocenters. The molecule has 0 aromatic heterocycles. The van der Waals surface area contributed by atoms with Gasteiger partial charge in [0.1, 0.15) is 0 Å². The Morgan fingerprint density at radius 2 is 1.87 bits per heavy atom. The maximum Gasteiger partial charge on any atom is 0.234 e. The molecule has 0 heterocycles. The number of hydrogen-bond donors (Lipinski definition) is 2. The van der Waals surface area contributed by atoms with Crippen LogP contribution in [0, 0.1) is 0 Å². The summed E-state index contributed by atoms with van der Waals surface area (Å²) >= 11 is 0. The number of unbranched alkanes of at least 4 members (excludes halogenated alkanes) is 1. The molecule has 2 amide bonds. The summed E-state index contributed by atoms with van der Waals surface area (Å²) in [5.74, 6) is -0.819. The molecule has 5 heteroatoms. The van der Waals surface area contributed by atoms with Crippen molar-refractivity contribution < 1.29 is 9.59 Å². The van der Waals surface area contributed by atoms with E-state index in [1.165, 1.54) is 0 Å². The third kappa shape index (κ3) is 5.37. The number of hydrogen-bond acceptors (Lipinski definition) is 3.